The van der Waals surface area contributed by atoms with Crippen molar-refractivity contribution in [3.05, 3.63) is 22.3 Å². The Hall–Kier alpha value is -1.51. The van der Waals surface area contributed by atoms with Gasteiger partial charge in [-0.05, 0) is 28.9 Å². The summed E-state index contributed by atoms with van der Waals surface area (Å²) in [7, 11) is 0. The highest BCUT2D eigenvalue weighted by Gasteiger charge is 2.36. The molecule has 0 aliphatic rings. The van der Waals surface area contributed by atoms with Gasteiger partial charge in [-0.25, -0.2) is 4.98 Å². The van der Waals surface area contributed by atoms with Gasteiger partial charge in [0.1, 0.15) is 11.7 Å². The third kappa shape index (κ3) is 4.48. The number of halogens is 4. The molecule has 0 bridgehead atoms. The molecule has 1 atom stereocenters. The Morgan fingerprint density at radius 3 is 2.67 bits per heavy atom. The number of rotatable bonds is 5. The lowest BCUT2D eigenvalue weighted by Crippen LogP contribution is -2.36. The minimum absolute atomic E-state index is 0.0425. The molecule has 1 aromatic rings. The molecular weight excluding hydrogens is 353 g/mol. The fraction of sp³-hybridized carbons (Fsp3) is 0.500. The van der Waals surface area contributed by atoms with E-state index < -0.39 is 17.7 Å². The maximum Gasteiger partial charge on any atom is 0.419 e. The highest BCUT2D eigenvalue weighted by molar-refractivity contribution is 9.10. The quantitative estimate of drug-likeness (QED) is 0.362. The Labute approximate surface area is 128 Å². The van der Waals surface area contributed by atoms with E-state index in [-0.39, 0.29) is 22.7 Å². The highest BCUT2D eigenvalue weighted by Crippen LogP contribution is 2.37. The van der Waals surface area contributed by atoms with Crippen molar-refractivity contribution in [1.82, 2.24) is 4.98 Å². The fourth-order valence-corrected chi connectivity index (χ4v) is 2.11. The number of hydrogen-bond acceptors (Lipinski definition) is 4. The lowest BCUT2D eigenvalue weighted by molar-refractivity contribution is -0.137. The van der Waals surface area contributed by atoms with E-state index in [2.05, 4.69) is 26.1 Å². The Balaban J connectivity index is 3.17. The van der Waals surface area contributed by atoms with Crippen LogP contribution < -0.4 is 10.6 Å². The smallest absolute Gasteiger partial charge is 0.409 e. The number of nitrogens with two attached hydrogens (primary N) is 1. The van der Waals surface area contributed by atoms with Crippen molar-refractivity contribution < 1.29 is 18.4 Å². The standard InChI is InChI=1S/C12H16BrF3N4O/c1-3-20(6-7(2)10(17)19-21)11-9(12(14,15)16)4-8(13)5-18-11/h4-5,7,21H,3,6H2,1-2H3,(H2,17,19). The lowest BCUT2D eigenvalue weighted by Gasteiger charge is -2.27. The summed E-state index contributed by atoms with van der Waals surface area (Å²) in [4.78, 5) is 5.31. The molecule has 0 amide bonds. The number of anilines is 1. The van der Waals surface area contributed by atoms with E-state index in [0.29, 0.717) is 6.54 Å². The number of oxime groups is 1. The molecule has 1 rings (SSSR count). The summed E-state index contributed by atoms with van der Waals surface area (Å²) in [6, 6.07) is 0.985. The van der Waals surface area contributed by atoms with E-state index in [4.69, 9.17) is 10.9 Å². The van der Waals surface area contributed by atoms with Gasteiger partial charge >= 0.3 is 6.18 Å². The molecule has 0 radical (unpaired) electrons. The van der Waals surface area contributed by atoms with E-state index in [1.165, 1.54) is 11.1 Å². The Morgan fingerprint density at radius 1 is 1.57 bits per heavy atom. The largest absolute Gasteiger partial charge is 0.419 e. The first-order valence-electron chi connectivity index (χ1n) is 6.15. The predicted molar refractivity (Wildman–Crippen MR) is 77.4 cm³/mol. The molecule has 1 unspecified atom stereocenters. The van der Waals surface area contributed by atoms with Crippen LogP contribution in [0.15, 0.2) is 21.9 Å². The van der Waals surface area contributed by atoms with Crippen molar-refractivity contribution in [3.63, 3.8) is 0 Å². The Bertz CT molecular complexity index is 522. The summed E-state index contributed by atoms with van der Waals surface area (Å²) >= 11 is 2.99. The van der Waals surface area contributed by atoms with Gasteiger partial charge in [-0.2, -0.15) is 13.2 Å². The second kappa shape index (κ2) is 6.97. The van der Waals surface area contributed by atoms with Crippen LogP contribution in [0.25, 0.3) is 0 Å². The number of alkyl halides is 3. The molecule has 0 aromatic carbocycles. The molecule has 0 fully saturated rings. The van der Waals surface area contributed by atoms with Gasteiger partial charge < -0.3 is 15.8 Å². The van der Waals surface area contributed by atoms with E-state index in [1.807, 2.05) is 0 Å². The van der Waals surface area contributed by atoms with Crippen LogP contribution in [0.3, 0.4) is 0 Å². The molecule has 0 saturated carbocycles. The average molecular weight is 369 g/mol. The SMILES string of the molecule is CCN(CC(C)C(N)=NO)c1ncc(Br)cc1C(F)(F)F. The molecule has 118 valence electrons. The van der Waals surface area contributed by atoms with Gasteiger partial charge in [0.15, 0.2) is 0 Å². The van der Waals surface area contributed by atoms with Crippen molar-refractivity contribution in [2.75, 3.05) is 18.0 Å². The molecule has 21 heavy (non-hydrogen) atoms. The first-order chi connectivity index (χ1) is 9.70. The van der Waals surface area contributed by atoms with Crippen LogP contribution in [-0.4, -0.2) is 29.1 Å². The van der Waals surface area contributed by atoms with E-state index in [9.17, 15) is 13.2 Å². The normalized spacial score (nSPS) is 14.1. The van der Waals surface area contributed by atoms with Crippen LogP contribution in [0.2, 0.25) is 0 Å². The molecule has 0 saturated heterocycles. The van der Waals surface area contributed by atoms with Crippen LogP contribution in [0.1, 0.15) is 19.4 Å². The van der Waals surface area contributed by atoms with Crippen LogP contribution in [0.4, 0.5) is 19.0 Å². The zero-order chi connectivity index (χ0) is 16.2. The van der Waals surface area contributed by atoms with Crippen LogP contribution in [0.5, 0.6) is 0 Å². The first kappa shape index (κ1) is 17.5. The Kier molecular flexibility index (Phi) is 5.82. The molecule has 1 aromatic heterocycles. The number of hydrogen-bond donors (Lipinski definition) is 2. The van der Waals surface area contributed by atoms with Gasteiger partial charge in [0.25, 0.3) is 0 Å². The number of nitrogens with zero attached hydrogens (tertiary/aromatic N) is 3. The highest BCUT2D eigenvalue weighted by atomic mass is 79.9. The number of amidine groups is 1. The second-order valence-corrected chi connectivity index (χ2v) is 5.40. The van der Waals surface area contributed by atoms with Gasteiger partial charge in [0.2, 0.25) is 0 Å². The zero-order valence-corrected chi connectivity index (χ0v) is 13.1. The summed E-state index contributed by atoms with van der Waals surface area (Å²) in [6.45, 7) is 3.83. The molecular formula is C12H16BrF3N4O. The van der Waals surface area contributed by atoms with Crippen molar-refractivity contribution in [1.29, 1.82) is 0 Å². The van der Waals surface area contributed by atoms with E-state index in [0.717, 1.165) is 6.07 Å². The average Bonchev–Trinajstić information content (AvgIpc) is 2.42. The third-order valence-corrected chi connectivity index (χ3v) is 3.37. The lowest BCUT2D eigenvalue weighted by atomic mass is 10.1. The van der Waals surface area contributed by atoms with Crippen LogP contribution >= 0.6 is 15.9 Å². The van der Waals surface area contributed by atoms with Crippen molar-refractivity contribution in [3.8, 4) is 0 Å². The van der Waals surface area contributed by atoms with Gasteiger partial charge in [-0.15, -0.1) is 0 Å². The fourth-order valence-electron chi connectivity index (χ4n) is 1.78. The zero-order valence-electron chi connectivity index (χ0n) is 11.5. The summed E-state index contributed by atoms with van der Waals surface area (Å²) in [5.41, 5.74) is 4.64. The summed E-state index contributed by atoms with van der Waals surface area (Å²) < 4.78 is 39.6. The van der Waals surface area contributed by atoms with Gasteiger partial charge in [-0.3, -0.25) is 0 Å². The molecule has 0 spiro atoms. The summed E-state index contributed by atoms with van der Waals surface area (Å²) in [6.07, 6.45) is -3.21. The molecule has 9 heteroatoms. The molecule has 5 nitrogen and oxygen atoms in total. The number of pyridine rings is 1. The molecule has 0 aliphatic carbocycles. The van der Waals surface area contributed by atoms with Crippen LogP contribution in [-0.2, 0) is 6.18 Å². The van der Waals surface area contributed by atoms with Gasteiger partial charge in [0.05, 0.1) is 5.56 Å². The molecule has 1 heterocycles. The second-order valence-electron chi connectivity index (χ2n) is 4.49. The van der Waals surface area contributed by atoms with Crippen LogP contribution in [0, 0.1) is 5.92 Å². The van der Waals surface area contributed by atoms with Crippen molar-refractivity contribution in [2.24, 2.45) is 16.8 Å². The minimum Gasteiger partial charge on any atom is -0.409 e. The van der Waals surface area contributed by atoms with Gasteiger partial charge in [-0.1, -0.05) is 12.1 Å². The monoisotopic (exact) mass is 368 g/mol. The third-order valence-electron chi connectivity index (χ3n) is 2.93. The van der Waals surface area contributed by atoms with E-state index >= 15 is 0 Å². The number of aromatic nitrogens is 1. The van der Waals surface area contributed by atoms with E-state index in [1.54, 1.807) is 13.8 Å². The summed E-state index contributed by atoms with van der Waals surface area (Å²) in [5, 5.41) is 11.5. The predicted octanol–water partition coefficient (Wildman–Crippen LogP) is 3.07. The van der Waals surface area contributed by atoms with Crippen molar-refractivity contribution >= 4 is 27.6 Å². The first-order valence-corrected chi connectivity index (χ1v) is 6.95. The Morgan fingerprint density at radius 2 is 2.19 bits per heavy atom. The van der Waals surface area contributed by atoms with Crippen molar-refractivity contribution in [2.45, 2.75) is 20.0 Å². The minimum atomic E-state index is -4.51. The maximum atomic E-state index is 13.1. The topological polar surface area (TPSA) is 74.7 Å². The van der Waals surface area contributed by atoms with Gasteiger partial charge in [0, 0.05) is 29.7 Å². The molecule has 3 N–H and O–H groups in total. The maximum absolute atomic E-state index is 13.1. The summed E-state index contributed by atoms with van der Waals surface area (Å²) in [5.74, 6) is -0.633. The molecule has 0 aliphatic heterocycles.